The van der Waals surface area contributed by atoms with E-state index >= 15 is 0 Å². The lowest BCUT2D eigenvalue weighted by atomic mass is 10.1. The van der Waals surface area contributed by atoms with E-state index in [1.54, 1.807) is 7.11 Å². The van der Waals surface area contributed by atoms with Gasteiger partial charge in [0.05, 0.1) is 7.11 Å². The molecule has 0 spiro atoms. The Morgan fingerprint density at radius 1 is 1.16 bits per heavy atom. The highest BCUT2D eigenvalue weighted by molar-refractivity contribution is 5.47. The van der Waals surface area contributed by atoms with Gasteiger partial charge in [-0.3, -0.25) is 4.90 Å². The van der Waals surface area contributed by atoms with E-state index in [1.807, 2.05) is 12.1 Å². The van der Waals surface area contributed by atoms with E-state index in [-0.39, 0.29) is 0 Å². The van der Waals surface area contributed by atoms with E-state index in [2.05, 4.69) is 36.9 Å². The Hall–Kier alpha value is -1.26. The number of nitrogens with zero attached hydrogens (tertiary/aromatic N) is 2. The molecule has 0 aromatic heterocycles. The third kappa shape index (κ3) is 5.94. The fourth-order valence-electron chi connectivity index (χ4n) is 2.11. The topological polar surface area (TPSA) is 41.7 Å². The molecule has 0 saturated heterocycles. The van der Waals surface area contributed by atoms with Crippen molar-refractivity contribution in [1.82, 2.24) is 9.80 Å². The van der Waals surface area contributed by atoms with Crippen LogP contribution in [0.15, 0.2) is 18.2 Å². The van der Waals surface area contributed by atoms with Crippen molar-refractivity contribution in [1.29, 1.82) is 0 Å². The molecule has 0 unspecified atom stereocenters. The number of rotatable bonds is 8. The summed E-state index contributed by atoms with van der Waals surface area (Å²) >= 11 is 0. The lowest BCUT2D eigenvalue weighted by Crippen LogP contribution is -2.26. The molecule has 0 heterocycles. The lowest BCUT2D eigenvalue weighted by Gasteiger charge is -2.22. The fraction of sp³-hybridized carbons (Fsp3) is 0.600. The van der Waals surface area contributed by atoms with Crippen molar-refractivity contribution in [3.63, 3.8) is 0 Å². The van der Waals surface area contributed by atoms with Crippen LogP contribution in [0.1, 0.15) is 18.9 Å². The maximum absolute atomic E-state index is 5.89. The van der Waals surface area contributed by atoms with Gasteiger partial charge in [-0.25, -0.2) is 0 Å². The van der Waals surface area contributed by atoms with E-state index in [0.29, 0.717) is 0 Å². The second-order valence-electron chi connectivity index (χ2n) is 5.14. The predicted octanol–water partition coefficient (Wildman–Crippen LogP) is 2.05. The quantitative estimate of drug-likeness (QED) is 0.731. The van der Waals surface area contributed by atoms with Crippen LogP contribution < -0.4 is 10.5 Å². The first-order valence-electron chi connectivity index (χ1n) is 6.85. The molecule has 0 bridgehead atoms. The van der Waals surface area contributed by atoms with Crippen LogP contribution in [0.5, 0.6) is 5.75 Å². The Labute approximate surface area is 117 Å². The number of benzene rings is 1. The Morgan fingerprint density at radius 2 is 1.89 bits per heavy atom. The van der Waals surface area contributed by atoms with Gasteiger partial charge in [-0.15, -0.1) is 0 Å². The van der Waals surface area contributed by atoms with Gasteiger partial charge < -0.3 is 15.4 Å². The minimum Gasteiger partial charge on any atom is -0.497 e. The molecule has 0 aliphatic heterocycles. The number of anilines is 1. The van der Waals surface area contributed by atoms with Crippen LogP contribution >= 0.6 is 0 Å². The summed E-state index contributed by atoms with van der Waals surface area (Å²) in [7, 11) is 5.89. The van der Waals surface area contributed by atoms with Crippen molar-refractivity contribution in [3.05, 3.63) is 23.8 Å². The molecular formula is C15H27N3O. The van der Waals surface area contributed by atoms with E-state index in [9.17, 15) is 0 Å². The number of nitrogen functional groups attached to an aromatic ring is 1. The van der Waals surface area contributed by atoms with Crippen LogP contribution in [0, 0.1) is 0 Å². The van der Waals surface area contributed by atoms with Crippen molar-refractivity contribution >= 4 is 5.69 Å². The SMILES string of the molecule is CCN(CCCN(C)C)Cc1cc(N)cc(OC)c1. The molecule has 1 aromatic rings. The van der Waals surface area contributed by atoms with Crippen LogP contribution in [0.4, 0.5) is 5.69 Å². The van der Waals surface area contributed by atoms with Crippen LogP contribution in [0.3, 0.4) is 0 Å². The summed E-state index contributed by atoms with van der Waals surface area (Å²) in [6, 6.07) is 5.94. The Morgan fingerprint density at radius 3 is 2.47 bits per heavy atom. The average molecular weight is 265 g/mol. The van der Waals surface area contributed by atoms with Crippen molar-refractivity contribution in [3.8, 4) is 5.75 Å². The van der Waals surface area contributed by atoms with Gasteiger partial charge in [0.1, 0.15) is 5.75 Å². The standard InChI is InChI=1S/C15H27N3O/c1-5-18(8-6-7-17(2)3)12-13-9-14(16)11-15(10-13)19-4/h9-11H,5-8,12,16H2,1-4H3. The minimum absolute atomic E-state index is 0.763. The molecule has 1 rings (SSSR count). The molecule has 0 saturated carbocycles. The summed E-state index contributed by atoms with van der Waals surface area (Å²) in [5.74, 6) is 0.833. The normalized spacial score (nSPS) is 11.3. The van der Waals surface area contributed by atoms with Crippen molar-refractivity contribution in [2.45, 2.75) is 19.9 Å². The number of ether oxygens (including phenoxy) is 1. The number of hydrogen-bond acceptors (Lipinski definition) is 4. The van der Waals surface area contributed by atoms with Gasteiger partial charge in [0, 0.05) is 18.3 Å². The maximum atomic E-state index is 5.89. The smallest absolute Gasteiger partial charge is 0.121 e. The van der Waals surface area contributed by atoms with Gasteiger partial charge in [0.15, 0.2) is 0 Å². The van der Waals surface area contributed by atoms with Crippen LogP contribution in [-0.4, -0.2) is 50.6 Å². The van der Waals surface area contributed by atoms with Gasteiger partial charge in [-0.2, -0.15) is 0 Å². The zero-order valence-electron chi connectivity index (χ0n) is 12.6. The average Bonchev–Trinajstić information content (AvgIpc) is 2.36. The monoisotopic (exact) mass is 265 g/mol. The summed E-state index contributed by atoms with van der Waals surface area (Å²) in [6.45, 7) is 6.39. The maximum Gasteiger partial charge on any atom is 0.121 e. The molecule has 19 heavy (non-hydrogen) atoms. The summed E-state index contributed by atoms with van der Waals surface area (Å²) in [4.78, 5) is 4.65. The molecule has 0 fully saturated rings. The summed E-state index contributed by atoms with van der Waals surface area (Å²) in [5, 5.41) is 0. The highest BCUT2D eigenvalue weighted by Crippen LogP contribution is 2.19. The van der Waals surface area contributed by atoms with E-state index in [0.717, 1.165) is 37.6 Å². The summed E-state index contributed by atoms with van der Waals surface area (Å²) in [6.07, 6.45) is 1.18. The van der Waals surface area contributed by atoms with Gasteiger partial charge in [-0.05, 0) is 57.8 Å². The molecule has 0 aliphatic rings. The van der Waals surface area contributed by atoms with Crippen molar-refractivity contribution in [2.75, 3.05) is 46.6 Å². The van der Waals surface area contributed by atoms with Gasteiger partial charge in [-0.1, -0.05) is 6.92 Å². The lowest BCUT2D eigenvalue weighted by molar-refractivity contribution is 0.259. The van der Waals surface area contributed by atoms with Crippen LogP contribution in [0.2, 0.25) is 0 Å². The number of hydrogen-bond donors (Lipinski definition) is 1. The van der Waals surface area contributed by atoms with Crippen LogP contribution in [-0.2, 0) is 6.54 Å². The molecule has 0 aliphatic carbocycles. The summed E-state index contributed by atoms with van der Waals surface area (Å²) in [5.41, 5.74) is 7.86. The molecule has 0 amide bonds. The fourth-order valence-corrected chi connectivity index (χ4v) is 2.11. The first kappa shape index (κ1) is 15.8. The molecule has 108 valence electrons. The second-order valence-corrected chi connectivity index (χ2v) is 5.14. The van der Waals surface area contributed by atoms with Gasteiger partial charge in [0.25, 0.3) is 0 Å². The molecule has 0 radical (unpaired) electrons. The van der Waals surface area contributed by atoms with Crippen molar-refractivity contribution < 1.29 is 4.74 Å². The second kappa shape index (κ2) is 8.02. The highest BCUT2D eigenvalue weighted by Gasteiger charge is 2.06. The molecule has 2 N–H and O–H groups in total. The largest absolute Gasteiger partial charge is 0.497 e. The minimum atomic E-state index is 0.763. The third-order valence-corrected chi connectivity index (χ3v) is 3.16. The first-order valence-corrected chi connectivity index (χ1v) is 6.85. The predicted molar refractivity (Wildman–Crippen MR) is 81.5 cm³/mol. The van der Waals surface area contributed by atoms with E-state index in [1.165, 1.54) is 12.0 Å². The molecule has 4 nitrogen and oxygen atoms in total. The molecule has 0 atom stereocenters. The molecular weight excluding hydrogens is 238 g/mol. The summed E-state index contributed by atoms with van der Waals surface area (Å²) < 4.78 is 5.26. The number of nitrogens with two attached hydrogens (primary N) is 1. The zero-order valence-corrected chi connectivity index (χ0v) is 12.6. The first-order chi connectivity index (χ1) is 9.05. The van der Waals surface area contributed by atoms with Gasteiger partial charge in [0.2, 0.25) is 0 Å². The van der Waals surface area contributed by atoms with Crippen LogP contribution in [0.25, 0.3) is 0 Å². The zero-order chi connectivity index (χ0) is 14.3. The molecule has 4 heteroatoms. The third-order valence-electron chi connectivity index (χ3n) is 3.16. The van der Waals surface area contributed by atoms with Gasteiger partial charge >= 0.3 is 0 Å². The van der Waals surface area contributed by atoms with E-state index in [4.69, 9.17) is 10.5 Å². The molecule has 1 aromatic carbocycles. The Bertz CT molecular complexity index is 380. The van der Waals surface area contributed by atoms with E-state index < -0.39 is 0 Å². The van der Waals surface area contributed by atoms with Crippen molar-refractivity contribution in [2.24, 2.45) is 0 Å². The Balaban J connectivity index is 2.57. The number of methoxy groups -OCH3 is 1. The Kier molecular flexibility index (Phi) is 6.67. The highest BCUT2D eigenvalue weighted by atomic mass is 16.5.